The molecule has 21 heavy (non-hydrogen) atoms. The first-order valence-corrected chi connectivity index (χ1v) is 7.62. The molecule has 0 spiro atoms. The molecule has 1 fully saturated rings. The van der Waals surface area contributed by atoms with Gasteiger partial charge in [-0.15, -0.1) is 0 Å². The van der Waals surface area contributed by atoms with Crippen LogP contribution in [0.25, 0.3) is 11.3 Å². The summed E-state index contributed by atoms with van der Waals surface area (Å²) in [5, 5.41) is 13.6. The largest absolute Gasteiger partial charge is 0.396 e. The Morgan fingerprint density at radius 3 is 2.57 bits per heavy atom. The van der Waals surface area contributed by atoms with Crippen LogP contribution in [0.3, 0.4) is 0 Å². The highest BCUT2D eigenvalue weighted by atomic mass is 18.2. The van der Waals surface area contributed by atoms with Crippen LogP contribution in [0.15, 0.2) is 28.8 Å². The van der Waals surface area contributed by atoms with Crippen LogP contribution in [0.1, 0.15) is 24.2 Å². The maximum absolute atomic E-state index is 13.1. The monoisotopic (exact) mass is 286 g/mol. The summed E-state index contributed by atoms with van der Waals surface area (Å²) in [6.07, 6.45) is 3.98. The molecule has 2 aromatic rings. The highest BCUT2D eigenvalue weighted by Crippen LogP contribution is 2.53. The third-order valence-electron chi connectivity index (χ3n) is 5.14. The van der Waals surface area contributed by atoms with E-state index in [0.717, 1.165) is 42.7 Å². The molecular formula is C17H18FNO2. The molecular weight excluding hydrogens is 268 g/mol. The third kappa shape index (κ3) is 2.18. The van der Waals surface area contributed by atoms with Crippen molar-refractivity contribution in [2.24, 2.45) is 17.8 Å². The summed E-state index contributed by atoms with van der Waals surface area (Å²) in [6.45, 7) is 0.305. The van der Waals surface area contributed by atoms with Crippen LogP contribution >= 0.6 is 0 Å². The fourth-order valence-corrected chi connectivity index (χ4v) is 3.89. The molecule has 1 saturated carbocycles. The smallest absolute Gasteiger partial charge is 0.140 e. The highest BCUT2D eigenvalue weighted by Gasteiger charge is 2.49. The number of aryl methyl sites for hydroxylation is 1. The molecule has 2 aliphatic rings. The SMILES string of the molecule is OC[C@H]1[C@H]2CCc3c(-c4ccc([18F])cc4)noc3CC[C@@H]12. The van der Waals surface area contributed by atoms with Gasteiger partial charge < -0.3 is 9.63 Å². The van der Waals surface area contributed by atoms with E-state index in [9.17, 15) is 9.50 Å². The molecule has 4 rings (SSSR count). The zero-order valence-electron chi connectivity index (χ0n) is 11.8. The zero-order valence-corrected chi connectivity index (χ0v) is 11.8. The molecule has 3 atom stereocenters. The zero-order chi connectivity index (χ0) is 14.4. The number of hydrogen-bond donors (Lipinski definition) is 1. The predicted molar refractivity (Wildman–Crippen MR) is 76.1 cm³/mol. The van der Waals surface area contributed by atoms with Crippen molar-refractivity contribution in [1.82, 2.24) is 5.16 Å². The summed E-state index contributed by atoms with van der Waals surface area (Å²) in [5.41, 5.74) is 2.93. The molecule has 0 amide bonds. The second kappa shape index (κ2) is 4.95. The van der Waals surface area contributed by atoms with Crippen LogP contribution in [0, 0.1) is 23.6 Å². The Hall–Kier alpha value is -1.68. The van der Waals surface area contributed by atoms with Gasteiger partial charge in [-0.25, -0.2) is 4.39 Å². The summed E-state index contributed by atoms with van der Waals surface area (Å²) < 4.78 is 18.6. The summed E-state index contributed by atoms with van der Waals surface area (Å²) >= 11 is 0. The number of halogens is 1. The topological polar surface area (TPSA) is 46.3 Å². The quantitative estimate of drug-likeness (QED) is 0.922. The fraction of sp³-hybridized carbons (Fsp3) is 0.471. The van der Waals surface area contributed by atoms with Gasteiger partial charge in [0.05, 0.1) is 0 Å². The minimum Gasteiger partial charge on any atom is -0.396 e. The molecule has 1 aromatic carbocycles. The van der Waals surface area contributed by atoms with Crippen LogP contribution < -0.4 is 0 Å². The molecule has 4 heteroatoms. The number of hydrogen-bond acceptors (Lipinski definition) is 3. The van der Waals surface area contributed by atoms with Crippen molar-refractivity contribution in [2.75, 3.05) is 6.61 Å². The van der Waals surface area contributed by atoms with Crippen molar-refractivity contribution in [2.45, 2.75) is 25.7 Å². The van der Waals surface area contributed by atoms with Gasteiger partial charge in [-0.05, 0) is 61.3 Å². The number of fused-ring (bicyclic) bond motifs is 2. The standard InChI is InChI=1S/C17H18FNO2/c18-11-3-1-10(2-4-11)17-14-6-5-12-13(15(12)9-20)7-8-16(14)21-19-17/h1-4,12-13,15,20H,5-9H2/t12-,13+,15-/m0/s1/i18-1. The van der Waals surface area contributed by atoms with Gasteiger partial charge in [-0.1, -0.05) is 5.16 Å². The Morgan fingerprint density at radius 2 is 1.86 bits per heavy atom. The van der Waals surface area contributed by atoms with Crippen LogP contribution in [0.4, 0.5) is 4.39 Å². The highest BCUT2D eigenvalue weighted by molar-refractivity contribution is 5.63. The summed E-state index contributed by atoms with van der Waals surface area (Å²) in [7, 11) is 0. The Kier molecular flexibility index (Phi) is 3.07. The number of nitrogens with zero attached hydrogens (tertiary/aromatic N) is 1. The molecule has 1 heterocycles. The van der Waals surface area contributed by atoms with E-state index in [1.165, 1.54) is 17.7 Å². The second-order valence-corrected chi connectivity index (χ2v) is 6.19. The molecule has 110 valence electrons. The fourth-order valence-electron chi connectivity index (χ4n) is 3.89. The normalized spacial score (nSPS) is 27.4. The van der Waals surface area contributed by atoms with E-state index >= 15 is 0 Å². The number of aromatic nitrogens is 1. The molecule has 2 aliphatic carbocycles. The van der Waals surface area contributed by atoms with E-state index in [2.05, 4.69) is 5.16 Å². The summed E-state index contributed by atoms with van der Waals surface area (Å²) in [6, 6.07) is 6.42. The van der Waals surface area contributed by atoms with Crippen molar-refractivity contribution in [3.05, 3.63) is 41.4 Å². The second-order valence-electron chi connectivity index (χ2n) is 6.19. The molecule has 0 radical (unpaired) electrons. The van der Waals surface area contributed by atoms with Crippen molar-refractivity contribution >= 4 is 0 Å². The van der Waals surface area contributed by atoms with E-state index in [-0.39, 0.29) is 5.82 Å². The maximum atomic E-state index is 13.1. The molecule has 0 aliphatic heterocycles. The first kappa shape index (κ1) is 13.0. The van der Waals surface area contributed by atoms with Gasteiger partial charge in [0.1, 0.15) is 17.3 Å². The Morgan fingerprint density at radius 1 is 1.14 bits per heavy atom. The van der Waals surface area contributed by atoms with E-state index in [0.29, 0.717) is 24.4 Å². The average molecular weight is 286 g/mol. The van der Waals surface area contributed by atoms with Crippen molar-refractivity contribution in [1.29, 1.82) is 0 Å². The lowest BCUT2D eigenvalue weighted by Gasteiger charge is -2.08. The molecule has 0 saturated heterocycles. The van der Waals surface area contributed by atoms with Crippen LogP contribution in [-0.4, -0.2) is 16.9 Å². The molecule has 0 unspecified atom stereocenters. The minimum absolute atomic E-state index is 0.239. The van der Waals surface area contributed by atoms with Gasteiger partial charge in [0, 0.05) is 24.2 Å². The van der Waals surface area contributed by atoms with Crippen molar-refractivity contribution < 1.29 is 14.0 Å². The maximum Gasteiger partial charge on any atom is 0.140 e. The van der Waals surface area contributed by atoms with Gasteiger partial charge >= 0.3 is 0 Å². The van der Waals surface area contributed by atoms with Gasteiger partial charge in [0.25, 0.3) is 0 Å². The Labute approximate surface area is 122 Å². The van der Waals surface area contributed by atoms with Gasteiger partial charge in [-0.2, -0.15) is 0 Å². The number of aliphatic hydroxyl groups excluding tert-OH is 1. The lowest BCUT2D eigenvalue weighted by Crippen LogP contribution is -2.00. The van der Waals surface area contributed by atoms with Crippen LogP contribution in [-0.2, 0) is 12.8 Å². The van der Waals surface area contributed by atoms with Crippen molar-refractivity contribution in [3.63, 3.8) is 0 Å². The number of rotatable bonds is 2. The predicted octanol–water partition coefficient (Wildman–Crippen LogP) is 3.21. The van der Waals surface area contributed by atoms with E-state index in [4.69, 9.17) is 4.52 Å². The molecule has 1 aromatic heterocycles. The van der Waals surface area contributed by atoms with Gasteiger partial charge in [-0.3, -0.25) is 0 Å². The van der Waals surface area contributed by atoms with E-state index in [1.54, 1.807) is 12.1 Å². The molecule has 3 nitrogen and oxygen atoms in total. The molecule has 0 bridgehead atoms. The lowest BCUT2D eigenvalue weighted by molar-refractivity contribution is 0.261. The van der Waals surface area contributed by atoms with Crippen LogP contribution in [0.5, 0.6) is 0 Å². The summed E-state index contributed by atoms with van der Waals surface area (Å²) in [4.78, 5) is 0. The lowest BCUT2D eigenvalue weighted by atomic mass is 9.95. The average Bonchev–Trinajstić information content (AvgIpc) is 3.00. The number of benzene rings is 1. The van der Waals surface area contributed by atoms with Gasteiger partial charge in [0.2, 0.25) is 0 Å². The van der Waals surface area contributed by atoms with E-state index in [1.807, 2.05) is 0 Å². The first-order valence-electron chi connectivity index (χ1n) is 7.62. The van der Waals surface area contributed by atoms with Gasteiger partial charge in [0.15, 0.2) is 0 Å². The summed E-state index contributed by atoms with van der Waals surface area (Å²) in [5.74, 6) is 2.52. The van der Waals surface area contributed by atoms with E-state index < -0.39 is 0 Å². The van der Waals surface area contributed by atoms with Crippen LogP contribution in [0.2, 0.25) is 0 Å². The number of aliphatic hydroxyl groups is 1. The molecule has 1 N–H and O–H groups in total. The first-order chi connectivity index (χ1) is 10.3. The van der Waals surface area contributed by atoms with Crippen molar-refractivity contribution in [3.8, 4) is 11.3 Å². The Balaban J connectivity index is 1.64. The minimum atomic E-state index is -0.239. The third-order valence-corrected chi connectivity index (χ3v) is 5.14. The Bertz CT molecular complexity index is 649.